The number of nitrogens with two attached hydrogens (primary N) is 1. The third-order valence-corrected chi connectivity index (χ3v) is 6.18. The Morgan fingerprint density at radius 1 is 1.28 bits per heavy atom. The van der Waals surface area contributed by atoms with Gasteiger partial charge in [-0.3, -0.25) is 9.69 Å². The third-order valence-electron chi connectivity index (χ3n) is 4.44. The number of rotatable bonds is 1. The molecule has 7 heteroatoms. The molecule has 3 fully saturated rings. The summed E-state index contributed by atoms with van der Waals surface area (Å²) >= 11 is 0. The van der Waals surface area contributed by atoms with E-state index < -0.39 is 9.84 Å². The molecule has 0 bridgehead atoms. The summed E-state index contributed by atoms with van der Waals surface area (Å²) in [7, 11) is -3.01. The molecule has 6 nitrogen and oxygen atoms in total. The van der Waals surface area contributed by atoms with Crippen LogP contribution in [0.1, 0.15) is 12.8 Å². The fourth-order valence-electron chi connectivity index (χ4n) is 3.59. The second-order valence-corrected chi connectivity index (χ2v) is 7.76. The van der Waals surface area contributed by atoms with Gasteiger partial charge in [0.15, 0.2) is 9.84 Å². The van der Waals surface area contributed by atoms with E-state index in [9.17, 15) is 13.2 Å². The van der Waals surface area contributed by atoms with E-state index in [1.807, 2.05) is 0 Å². The largest absolute Gasteiger partial charge is 0.354 e. The number of carbonyl (C=O) groups excluding carboxylic acids is 1. The Morgan fingerprint density at radius 2 is 2.06 bits per heavy atom. The third kappa shape index (κ3) is 1.94. The minimum atomic E-state index is -3.01. The standard InChI is InChI=1S/C11H19N3O3S/c12-8-5-18(16,17)6-10(8)14-3-1-2-7-9(14)4-13-11(7)15/h7-10H,1-6,12H2,(H,13,15). The normalized spacial score (nSPS) is 43.7. The summed E-state index contributed by atoms with van der Waals surface area (Å²) in [5.41, 5.74) is 5.98. The fourth-order valence-corrected chi connectivity index (χ4v) is 5.50. The van der Waals surface area contributed by atoms with E-state index in [2.05, 4.69) is 10.2 Å². The number of hydrogen-bond acceptors (Lipinski definition) is 5. The minimum Gasteiger partial charge on any atom is -0.354 e. The summed E-state index contributed by atoms with van der Waals surface area (Å²) in [6.45, 7) is 1.48. The molecule has 3 aliphatic heterocycles. The Labute approximate surface area is 107 Å². The number of carbonyl (C=O) groups is 1. The van der Waals surface area contributed by atoms with Crippen LogP contribution in [-0.4, -0.2) is 61.9 Å². The van der Waals surface area contributed by atoms with Crippen LogP contribution in [0.15, 0.2) is 0 Å². The predicted octanol–water partition coefficient (Wildman–Crippen LogP) is -1.68. The van der Waals surface area contributed by atoms with Crippen molar-refractivity contribution in [1.82, 2.24) is 10.2 Å². The lowest BCUT2D eigenvalue weighted by atomic mass is 9.89. The molecule has 18 heavy (non-hydrogen) atoms. The highest BCUT2D eigenvalue weighted by Gasteiger charge is 2.47. The number of amides is 1. The molecule has 0 aliphatic carbocycles. The van der Waals surface area contributed by atoms with E-state index in [0.29, 0.717) is 6.54 Å². The van der Waals surface area contributed by atoms with Crippen molar-refractivity contribution in [3.63, 3.8) is 0 Å². The summed E-state index contributed by atoms with van der Waals surface area (Å²) in [5, 5.41) is 2.88. The first kappa shape index (κ1) is 12.4. The molecule has 3 N–H and O–H groups in total. The van der Waals surface area contributed by atoms with Gasteiger partial charge in [-0.25, -0.2) is 8.42 Å². The van der Waals surface area contributed by atoms with Crippen LogP contribution in [-0.2, 0) is 14.6 Å². The van der Waals surface area contributed by atoms with Crippen molar-refractivity contribution in [2.45, 2.75) is 31.0 Å². The van der Waals surface area contributed by atoms with Gasteiger partial charge in [-0.05, 0) is 19.4 Å². The fraction of sp³-hybridized carbons (Fsp3) is 0.909. The van der Waals surface area contributed by atoms with Gasteiger partial charge in [0.25, 0.3) is 0 Å². The van der Waals surface area contributed by atoms with Crippen molar-refractivity contribution >= 4 is 15.7 Å². The van der Waals surface area contributed by atoms with Crippen LogP contribution in [0.2, 0.25) is 0 Å². The summed E-state index contributed by atoms with van der Waals surface area (Å²) in [6, 6.07) is -0.296. The first-order chi connectivity index (χ1) is 8.48. The zero-order valence-electron chi connectivity index (χ0n) is 10.2. The Bertz CT molecular complexity index is 464. The lowest BCUT2D eigenvalue weighted by Gasteiger charge is -2.40. The van der Waals surface area contributed by atoms with Crippen LogP contribution in [0.3, 0.4) is 0 Å². The van der Waals surface area contributed by atoms with Crippen LogP contribution in [0.25, 0.3) is 0 Å². The average molecular weight is 273 g/mol. The topological polar surface area (TPSA) is 92.5 Å². The lowest BCUT2D eigenvalue weighted by molar-refractivity contribution is -0.124. The first-order valence-corrected chi connectivity index (χ1v) is 8.29. The highest BCUT2D eigenvalue weighted by atomic mass is 32.2. The van der Waals surface area contributed by atoms with Gasteiger partial charge in [0, 0.05) is 24.7 Å². The second-order valence-electron chi connectivity index (χ2n) is 5.61. The molecule has 1 amide bonds. The van der Waals surface area contributed by atoms with Gasteiger partial charge in [0.2, 0.25) is 5.91 Å². The molecule has 4 atom stereocenters. The Hall–Kier alpha value is -0.660. The Kier molecular flexibility index (Phi) is 2.87. The van der Waals surface area contributed by atoms with Crippen LogP contribution >= 0.6 is 0 Å². The highest BCUT2D eigenvalue weighted by Crippen LogP contribution is 2.31. The van der Waals surface area contributed by atoms with Crippen LogP contribution in [0, 0.1) is 5.92 Å². The average Bonchev–Trinajstić information content (AvgIpc) is 2.80. The summed E-state index contributed by atoms with van der Waals surface area (Å²) in [6.07, 6.45) is 1.85. The van der Waals surface area contributed by atoms with Crippen LogP contribution in [0.5, 0.6) is 0 Å². The number of hydrogen-bond donors (Lipinski definition) is 2. The number of piperidine rings is 1. The number of fused-ring (bicyclic) bond motifs is 1. The van der Waals surface area contributed by atoms with Crippen molar-refractivity contribution in [1.29, 1.82) is 0 Å². The number of nitrogens with one attached hydrogen (secondary N) is 1. The summed E-state index contributed by atoms with van der Waals surface area (Å²) in [4.78, 5) is 13.9. The van der Waals surface area contributed by atoms with E-state index in [0.717, 1.165) is 19.4 Å². The highest BCUT2D eigenvalue weighted by molar-refractivity contribution is 7.91. The van der Waals surface area contributed by atoms with Crippen molar-refractivity contribution in [3.8, 4) is 0 Å². The monoisotopic (exact) mass is 273 g/mol. The van der Waals surface area contributed by atoms with Gasteiger partial charge in [0.1, 0.15) is 0 Å². The molecule has 4 unspecified atom stereocenters. The van der Waals surface area contributed by atoms with Gasteiger partial charge in [-0.15, -0.1) is 0 Å². The predicted molar refractivity (Wildman–Crippen MR) is 66.6 cm³/mol. The maximum absolute atomic E-state index is 11.7. The van der Waals surface area contributed by atoms with Gasteiger partial charge in [-0.2, -0.15) is 0 Å². The van der Waals surface area contributed by atoms with Crippen molar-refractivity contribution < 1.29 is 13.2 Å². The molecule has 102 valence electrons. The number of sulfone groups is 1. The molecule has 3 heterocycles. The maximum Gasteiger partial charge on any atom is 0.224 e. The maximum atomic E-state index is 11.7. The molecule has 0 spiro atoms. The molecule has 3 rings (SSSR count). The molecular weight excluding hydrogens is 254 g/mol. The van der Waals surface area contributed by atoms with Crippen molar-refractivity contribution in [2.75, 3.05) is 24.6 Å². The smallest absolute Gasteiger partial charge is 0.224 e. The molecule has 3 aliphatic rings. The van der Waals surface area contributed by atoms with Gasteiger partial charge in [-0.1, -0.05) is 0 Å². The van der Waals surface area contributed by atoms with E-state index in [1.165, 1.54) is 0 Å². The molecule has 0 aromatic heterocycles. The quantitative estimate of drug-likeness (QED) is 0.595. The molecule has 0 radical (unpaired) electrons. The van der Waals surface area contributed by atoms with Gasteiger partial charge >= 0.3 is 0 Å². The van der Waals surface area contributed by atoms with Crippen molar-refractivity contribution in [3.05, 3.63) is 0 Å². The Morgan fingerprint density at radius 3 is 2.72 bits per heavy atom. The zero-order valence-corrected chi connectivity index (χ0v) is 11.0. The first-order valence-electron chi connectivity index (χ1n) is 6.47. The summed E-state index contributed by atoms with van der Waals surface area (Å²) in [5.74, 6) is 0.353. The van der Waals surface area contributed by atoms with Gasteiger partial charge in [0.05, 0.1) is 17.4 Å². The van der Waals surface area contributed by atoms with E-state index >= 15 is 0 Å². The molecule has 0 aromatic rings. The second kappa shape index (κ2) is 4.18. The molecule has 0 aromatic carbocycles. The van der Waals surface area contributed by atoms with Gasteiger partial charge < -0.3 is 11.1 Å². The van der Waals surface area contributed by atoms with E-state index in [4.69, 9.17) is 5.73 Å². The minimum absolute atomic E-state index is 0.0225. The van der Waals surface area contributed by atoms with E-state index in [-0.39, 0.29) is 41.5 Å². The Balaban J connectivity index is 1.82. The van der Waals surface area contributed by atoms with E-state index in [1.54, 1.807) is 0 Å². The van der Waals surface area contributed by atoms with Crippen LogP contribution < -0.4 is 11.1 Å². The molecule has 3 saturated heterocycles. The van der Waals surface area contributed by atoms with Crippen molar-refractivity contribution in [2.24, 2.45) is 11.7 Å². The zero-order chi connectivity index (χ0) is 12.9. The van der Waals surface area contributed by atoms with Crippen LogP contribution in [0.4, 0.5) is 0 Å². The lowest BCUT2D eigenvalue weighted by Crippen LogP contribution is -2.56. The molecule has 0 saturated carbocycles. The number of likely N-dealkylation sites (tertiary alicyclic amines) is 1. The number of nitrogens with zero attached hydrogens (tertiary/aromatic N) is 1. The summed E-state index contributed by atoms with van der Waals surface area (Å²) < 4.78 is 23.3. The SMILES string of the molecule is NC1CS(=O)(=O)CC1N1CCCC2C(=O)NCC21. The molecular formula is C11H19N3O3S.